The van der Waals surface area contributed by atoms with Crippen LogP contribution in [0.2, 0.25) is 0 Å². The Balaban J connectivity index is 1.62. The third-order valence-electron chi connectivity index (χ3n) is 7.17. The first-order valence-electron chi connectivity index (χ1n) is 13.5. The van der Waals surface area contributed by atoms with Crippen molar-refractivity contribution in [2.24, 2.45) is 0 Å². The molecule has 0 radical (unpaired) electrons. The predicted octanol–water partition coefficient (Wildman–Crippen LogP) is 10.5. The Bertz CT molecular complexity index is 1860. The first kappa shape index (κ1) is 25.3. The monoisotopic (exact) mass is 521 g/mol. The van der Waals surface area contributed by atoms with Gasteiger partial charge >= 0.3 is 0 Å². The highest BCUT2D eigenvalue weighted by molar-refractivity contribution is 6.16. The van der Waals surface area contributed by atoms with Crippen molar-refractivity contribution in [3.05, 3.63) is 139 Å². The number of aryl methyl sites for hydroxylation is 1. The molecule has 2 heterocycles. The van der Waals surface area contributed by atoms with E-state index in [9.17, 15) is 0 Å². The fraction of sp³-hybridized carbons (Fsp3) is 0.0811. The second-order valence-corrected chi connectivity index (χ2v) is 9.90. The molecule has 1 aliphatic rings. The topological polar surface area (TPSA) is 23.4 Å². The summed E-state index contributed by atoms with van der Waals surface area (Å²) in [5, 5.41) is 2.23. The van der Waals surface area contributed by atoms with Gasteiger partial charge in [-0.2, -0.15) is 0 Å². The predicted molar refractivity (Wildman–Crippen MR) is 169 cm³/mol. The van der Waals surface area contributed by atoms with Gasteiger partial charge in [0.05, 0.1) is 5.52 Å². The van der Waals surface area contributed by atoms with Gasteiger partial charge < -0.3 is 14.0 Å². The second kappa shape index (κ2) is 10.6. The lowest BCUT2D eigenvalue weighted by atomic mass is 10.0. The summed E-state index contributed by atoms with van der Waals surface area (Å²) >= 11 is 0. The number of benzene rings is 4. The summed E-state index contributed by atoms with van der Waals surface area (Å²) in [7, 11) is 0. The molecule has 0 unspecified atom stereocenters. The first-order chi connectivity index (χ1) is 19.6. The maximum Gasteiger partial charge on any atom is 0.194 e. The van der Waals surface area contributed by atoms with Crippen LogP contribution in [0.5, 0.6) is 23.0 Å². The van der Waals surface area contributed by atoms with Crippen LogP contribution >= 0.6 is 0 Å². The van der Waals surface area contributed by atoms with Gasteiger partial charge in [-0.15, -0.1) is 0 Å². The number of rotatable bonds is 7. The van der Waals surface area contributed by atoms with Gasteiger partial charge in [0.1, 0.15) is 5.52 Å². The second-order valence-electron chi connectivity index (χ2n) is 9.90. The molecule has 0 amide bonds. The zero-order valence-electron chi connectivity index (χ0n) is 22.9. The zero-order chi connectivity index (χ0) is 27.6. The normalized spacial score (nSPS) is 12.9. The lowest BCUT2D eigenvalue weighted by Crippen LogP contribution is -2.02. The highest BCUT2D eigenvalue weighted by Crippen LogP contribution is 2.51. The molecular formula is C37H31NO2. The summed E-state index contributed by atoms with van der Waals surface area (Å²) in [6.07, 6.45) is 15.2. The van der Waals surface area contributed by atoms with Crippen LogP contribution in [0.25, 0.3) is 39.7 Å². The molecule has 0 saturated carbocycles. The van der Waals surface area contributed by atoms with Crippen molar-refractivity contribution in [3.63, 3.8) is 0 Å². The standard InChI is InChI=1S/C37H31NO2/c1-5-11-28-23-26(7-3)24-31-35(28)30-21-22-34-37(40-33-16-9-8-15-32(33)39-34)36(30)38(31)29(12-6-2)14-10-13-27-19-17-25(4)18-20-27/h5-12,14-24H,2-3,13H2,1,4H3/b11-5-,14-10-,29-12+. The Hall–Kier alpha value is -5.02. The van der Waals surface area contributed by atoms with E-state index in [0.29, 0.717) is 23.0 Å². The van der Waals surface area contributed by atoms with Gasteiger partial charge in [-0.05, 0) is 85.5 Å². The largest absolute Gasteiger partial charge is 0.449 e. The molecule has 196 valence electrons. The van der Waals surface area contributed by atoms with E-state index in [-0.39, 0.29) is 0 Å². The highest BCUT2D eigenvalue weighted by Gasteiger charge is 2.26. The van der Waals surface area contributed by atoms with Gasteiger partial charge in [0.2, 0.25) is 0 Å². The minimum absolute atomic E-state index is 0.688. The number of allylic oxidation sites excluding steroid dienone is 6. The van der Waals surface area contributed by atoms with E-state index in [2.05, 4.69) is 91.4 Å². The smallest absolute Gasteiger partial charge is 0.194 e. The maximum atomic E-state index is 6.57. The van der Waals surface area contributed by atoms with Crippen LogP contribution in [0.4, 0.5) is 0 Å². The molecule has 0 N–H and O–H groups in total. The zero-order valence-corrected chi connectivity index (χ0v) is 22.9. The SMILES string of the molecule is C=C/C=C(\C=C/Cc1ccc(C)cc1)n1c2cc(C=C)cc(/C=C\C)c2c2ccc3c(c21)Oc1ccccc1O3. The molecule has 40 heavy (non-hydrogen) atoms. The number of para-hydroxylation sites is 2. The van der Waals surface area contributed by atoms with Gasteiger partial charge in [0.15, 0.2) is 23.0 Å². The Labute approximate surface area is 235 Å². The Morgan fingerprint density at radius 3 is 2.40 bits per heavy atom. The fourth-order valence-corrected chi connectivity index (χ4v) is 5.33. The molecule has 4 aromatic carbocycles. The van der Waals surface area contributed by atoms with E-state index in [1.165, 1.54) is 11.1 Å². The fourth-order valence-electron chi connectivity index (χ4n) is 5.33. The lowest BCUT2D eigenvalue weighted by molar-refractivity contribution is 0.362. The van der Waals surface area contributed by atoms with Crippen molar-refractivity contribution in [3.8, 4) is 23.0 Å². The van der Waals surface area contributed by atoms with Gasteiger partial charge in [0, 0.05) is 16.5 Å². The molecule has 6 rings (SSSR count). The van der Waals surface area contributed by atoms with E-state index in [1.807, 2.05) is 55.5 Å². The molecule has 5 aromatic rings. The number of ether oxygens (including phenoxy) is 2. The van der Waals surface area contributed by atoms with Gasteiger partial charge in [0.25, 0.3) is 0 Å². The molecule has 0 spiro atoms. The average Bonchev–Trinajstić information content (AvgIpc) is 3.31. The van der Waals surface area contributed by atoms with Crippen LogP contribution in [-0.4, -0.2) is 4.57 Å². The number of nitrogens with zero attached hydrogens (tertiary/aromatic N) is 1. The Morgan fingerprint density at radius 2 is 1.68 bits per heavy atom. The van der Waals surface area contributed by atoms with Gasteiger partial charge in [-0.25, -0.2) is 0 Å². The Morgan fingerprint density at radius 1 is 0.900 bits per heavy atom. The van der Waals surface area contributed by atoms with E-state index in [1.54, 1.807) is 0 Å². The first-order valence-corrected chi connectivity index (χ1v) is 13.5. The molecule has 0 aliphatic carbocycles. The molecule has 0 saturated heterocycles. The van der Waals surface area contributed by atoms with Crippen LogP contribution in [0.3, 0.4) is 0 Å². The number of hydrogen-bond acceptors (Lipinski definition) is 2. The van der Waals surface area contributed by atoms with Crippen molar-refractivity contribution in [1.82, 2.24) is 4.57 Å². The average molecular weight is 522 g/mol. The summed E-state index contributed by atoms with van der Waals surface area (Å²) < 4.78 is 15.1. The molecule has 0 atom stereocenters. The highest BCUT2D eigenvalue weighted by atomic mass is 16.6. The molecule has 1 aromatic heterocycles. The van der Waals surface area contributed by atoms with E-state index < -0.39 is 0 Å². The van der Waals surface area contributed by atoms with Crippen LogP contribution in [0, 0.1) is 6.92 Å². The number of hydrogen-bond donors (Lipinski definition) is 0. The third-order valence-corrected chi connectivity index (χ3v) is 7.17. The molecule has 0 bridgehead atoms. The van der Waals surface area contributed by atoms with Crippen LogP contribution in [0.1, 0.15) is 29.2 Å². The van der Waals surface area contributed by atoms with Crippen molar-refractivity contribution >= 4 is 39.7 Å². The van der Waals surface area contributed by atoms with Crippen LogP contribution < -0.4 is 9.47 Å². The van der Waals surface area contributed by atoms with Crippen molar-refractivity contribution < 1.29 is 9.47 Å². The summed E-state index contributed by atoms with van der Waals surface area (Å²) in [5.41, 5.74) is 7.67. The van der Waals surface area contributed by atoms with Crippen molar-refractivity contribution in [1.29, 1.82) is 0 Å². The third kappa shape index (κ3) is 4.46. The molecule has 3 nitrogen and oxygen atoms in total. The summed E-state index contributed by atoms with van der Waals surface area (Å²) in [6, 6.07) is 24.9. The van der Waals surface area contributed by atoms with Gasteiger partial charge in [-0.3, -0.25) is 0 Å². The summed E-state index contributed by atoms with van der Waals surface area (Å²) in [4.78, 5) is 0. The van der Waals surface area contributed by atoms with Crippen molar-refractivity contribution in [2.45, 2.75) is 20.3 Å². The molecular weight excluding hydrogens is 490 g/mol. The Kier molecular flexibility index (Phi) is 6.71. The lowest BCUT2D eigenvalue weighted by Gasteiger charge is -2.22. The quantitative estimate of drug-likeness (QED) is 0.195. The number of fused-ring (bicyclic) bond motifs is 6. The van der Waals surface area contributed by atoms with Crippen LogP contribution in [0.15, 0.2) is 116 Å². The van der Waals surface area contributed by atoms with Crippen LogP contribution in [-0.2, 0) is 6.42 Å². The van der Waals surface area contributed by atoms with Crippen molar-refractivity contribution in [2.75, 3.05) is 0 Å². The maximum absolute atomic E-state index is 6.57. The summed E-state index contributed by atoms with van der Waals surface area (Å²) in [5.74, 6) is 2.79. The molecule has 1 aliphatic heterocycles. The minimum atomic E-state index is 0.688. The van der Waals surface area contributed by atoms with Gasteiger partial charge in [-0.1, -0.05) is 85.5 Å². The molecule has 3 heteroatoms. The minimum Gasteiger partial charge on any atom is -0.449 e. The summed E-state index contributed by atoms with van der Waals surface area (Å²) in [6.45, 7) is 12.3. The number of aromatic nitrogens is 1. The van der Waals surface area contributed by atoms with E-state index in [4.69, 9.17) is 9.47 Å². The van der Waals surface area contributed by atoms with E-state index in [0.717, 1.165) is 45.1 Å². The molecule has 0 fully saturated rings. The van der Waals surface area contributed by atoms with E-state index >= 15 is 0 Å².